The van der Waals surface area contributed by atoms with Crippen molar-refractivity contribution in [3.05, 3.63) is 0 Å². The molecule has 3 heteroatoms. The molecule has 0 heterocycles. The van der Waals surface area contributed by atoms with E-state index in [4.69, 9.17) is 0 Å². The molecule has 0 N–H and O–H groups in total. The summed E-state index contributed by atoms with van der Waals surface area (Å²) in [6.45, 7) is 0. The zero-order valence-electron chi connectivity index (χ0n) is 11.5. The average molecular weight is 478 g/mol. The summed E-state index contributed by atoms with van der Waals surface area (Å²) < 4.78 is 14.2. The predicted molar refractivity (Wildman–Crippen MR) is 79.7 cm³/mol. The first-order chi connectivity index (χ1) is 6.41. The number of hydrogen-bond donors (Lipinski definition) is 0. The quantitative estimate of drug-likeness (QED) is 0.369. The average Bonchev–Trinajstić information content (AvgIpc) is 1.96. The summed E-state index contributed by atoms with van der Waals surface area (Å²) in [5.41, 5.74) is 0. The van der Waals surface area contributed by atoms with Crippen LogP contribution in [0.1, 0.15) is 0 Å². The van der Waals surface area contributed by atoms with Crippen LogP contribution in [0.4, 0.5) is 0 Å². The van der Waals surface area contributed by atoms with E-state index in [0.29, 0.717) is 0 Å². The fourth-order valence-corrected chi connectivity index (χ4v) is 24.1. The minimum atomic E-state index is -2.04. The molecule has 0 unspecified atom stereocenters. The summed E-state index contributed by atoms with van der Waals surface area (Å²) >= 11 is -5.82. The van der Waals surface area contributed by atoms with Crippen molar-refractivity contribution in [2.75, 3.05) is 0 Å². The van der Waals surface area contributed by atoms with Crippen LogP contribution in [0.25, 0.3) is 0 Å². The van der Waals surface area contributed by atoms with E-state index in [1.807, 2.05) is 0 Å². The van der Waals surface area contributed by atoms with Crippen LogP contribution >= 0.6 is 0 Å². The van der Waals surface area contributed by atoms with Gasteiger partial charge in [-0.2, -0.15) is 0 Å². The molecule has 0 saturated heterocycles. The van der Waals surface area contributed by atoms with E-state index in [-0.39, 0.29) is 0 Å². The van der Waals surface area contributed by atoms with Gasteiger partial charge in [0.25, 0.3) is 0 Å². The third kappa shape index (κ3) is 11.5. The zero-order chi connectivity index (χ0) is 12.3. The fraction of sp³-hybridized carbons (Fsp3) is 0.667. The molecule has 0 bridgehead atoms. The van der Waals surface area contributed by atoms with Crippen LogP contribution in [-0.4, -0.2) is 50.0 Å². The first kappa shape index (κ1) is 16.3. The topological polar surface area (TPSA) is 0 Å². The van der Waals surface area contributed by atoms with E-state index in [2.05, 4.69) is 58.5 Å². The van der Waals surface area contributed by atoms with Crippen LogP contribution in [0.2, 0.25) is 41.2 Å². The maximum atomic E-state index is 3.56. The number of rotatable bonds is 0. The van der Waals surface area contributed by atoms with Gasteiger partial charge < -0.3 is 0 Å². The first-order valence-corrected chi connectivity index (χ1v) is 31.8. The van der Waals surface area contributed by atoms with E-state index in [1.165, 1.54) is 0 Å². The van der Waals surface area contributed by atoms with Crippen LogP contribution in [0, 0.1) is 17.4 Å². The second-order valence-corrected chi connectivity index (χ2v) is 41.6. The molecule has 0 aromatic rings. The van der Waals surface area contributed by atoms with Crippen molar-refractivity contribution < 1.29 is 0 Å². The summed E-state index contributed by atoms with van der Waals surface area (Å²) in [5.74, 6) is 4.66. The monoisotopic (exact) mass is 482 g/mol. The summed E-state index contributed by atoms with van der Waals surface area (Å²) in [6.07, 6.45) is 0. The minimum absolute atomic E-state index is 1.89. The Balaban J connectivity index is 4.82. The molecule has 0 aliphatic rings. The van der Waals surface area contributed by atoms with Gasteiger partial charge in [-0.3, -0.25) is 0 Å². The predicted octanol–water partition coefficient (Wildman–Crippen LogP) is 3.53. The Morgan fingerprint density at radius 3 is 1.13 bits per heavy atom. The Bertz CT molecular complexity index is 300. The molecule has 0 nitrogen and oxygen atoms in total. The third-order valence-electron chi connectivity index (χ3n) is 1.50. The van der Waals surface area contributed by atoms with Crippen LogP contribution in [0.15, 0.2) is 0 Å². The SMILES string of the molecule is [CH3][Ge]([CH3])([C]#[C][Sn]([CH3])([CH3])[CH3])[C]#[C][Sn]([CH3])([CH3])[CH3]. The molecule has 0 aromatic carbocycles. The Labute approximate surface area is 107 Å². The molecule has 0 radical (unpaired) electrons. The van der Waals surface area contributed by atoms with E-state index < -0.39 is 50.0 Å². The van der Waals surface area contributed by atoms with E-state index in [9.17, 15) is 0 Å². The third-order valence-corrected chi connectivity index (χ3v) is 12.6. The molecule has 84 valence electrons. The molecule has 0 atom stereocenters. The van der Waals surface area contributed by atoms with Crippen LogP contribution < -0.4 is 0 Å². The molecule has 15 heavy (non-hydrogen) atoms. The molecule has 0 saturated carbocycles. The van der Waals surface area contributed by atoms with Crippen LogP contribution in [0.5, 0.6) is 0 Å². The van der Waals surface area contributed by atoms with Gasteiger partial charge in [0.2, 0.25) is 0 Å². The standard InChI is InChI=1S/C6H6Ge.6CH3.2Sn/c1-5-7(3,4)6-2;;;;;;;;/h3-4H3;6*1H3;;. The second kappa shape index (κ2) is 5.74. The Kier molecular flexibility index (Phi) is 6.22. The van der Waals surface area contributed by atoms with E-state index in [0.717, 1.165) is 0 Å². The van der Waals surface area contributed by atoms with Gasteiger partial charge in [-0.15, -0.1) is 0 Å². The Hall–Kier alpha value is 1.26. The Morgan fingerprint density at radius 2 is 0.933 bits per heavy atom. The molecule has 0 aliphatic carbocycles. The summed E-state index contributed by atoms with van der Waals surface area (Å²) in [5, 5.41) is 0. The van der Waals surface area contributed by atoms with Gasteiger partial charge in [0.15, 0.2) is 0 Å². The van der Waals surface area contributed by atoms with Gasteiger partial charge in [0.05, 0.1) is 0 Å². The van der Waals surface area contributed by atoms with Crippen LogP contribution in [-0.2, 0) is 0 Å². The van der Waals surface area contributed by atoms with Gasteiger partial charge in [-0.1, -0.05) is 0 Å². The van der Waals surface area contributed by atoms with Gasteiger partial charge in [0.1, 0.15) is 0 Å². The molecule has 0 spiro atoms. The van der Waals surface area contributed by atoms with Gasteiger partial charge in [-0.25, -0.2) is 0 Å². The van der Waals surface area contributed by atoms with Crippen molar-refractivity contribution in [3.8, 4) is 17.4 Å². The first-order valence-electron chi connectivity index (χ1n) is 5.50. The van der Waals surface area contributed by atoms with Crippen LogP contribution in [0.3, 0.4) is 0 Å². The van der Waals surface area contributed by atoms with Crippen molar-refractivity contribution in [1.29, 1.82) is 0 Å². The Morgan fingerprint density at radius 1 is 0.667 bits per heavy atom. The van der Waals surface area contributed by atoms with Crippen molar-refractivity contribution in [3.63, 3.8) is 0 Å². The summed E-state index contributed by atoms with van der Waals surface area (Å²) in [4.78, 5) is 14.2. The second-order valence-electron chi connectivity index (χ2n) is 6.62. The van der Waals surface area contributed by atoms with Gasteiger partial charge >= 0.3 is 109 Å². The van der Waals surface area contributed by atoms with Gasteiger partial charge in [-0.05, 0) is 0 Å². The molecule has 0 aromatic heterocycles. The van der Waals surface area contributed by atoms with E-state index in [1.54, 1.807) is 0 Å². The summed E-state index contributed by atoms with van der Waals surface area (Å²) in [7, 11) is 0. The molecule has 0 aliphatic heterocycles. The zero-order valence-corrected chi connectivity index (χ0v) is 19.3. The molecular formula is C12H24GeSn2. The maximum absolute atomic E-state index is 3.56. The van der Waals surface area contributed by atoms with E-state index >= 15 is 0 Å². The van der Waals surface area contributed by atoms with Gasteiger partial charge in [0, 0.05) is 0 Å². The fourth-order valence-electron chi connectivity index (χ4n) is 0.719. The molecule has 0 amide bonds. The van der Waals surface area contributed by atoms with Crippen molar-refractivity contribution in [1.82, 2.24) is 0 Å². The number of hydrogen-bond acceptors (Lipinski definition) is 0. The normalized spacial score (nSPS) is 12.3. The molecular weight excluding hydrogens is 454 g/mol. The molecule has 0 fully saturated rings. The van der Waals surface area contributed by atoms with Crippen molar-refractivity contribution >= 4 is 50.0 Å². The van der Waals surface area contributed by atoms with Crippen molar-refractivity contribution in [2.45, 2.75) is 41.2 Å². The summed E-state index contributed by atoms with van der Waals surface area (Å²) in [6, 6.07) is 0. The van der Waals surface area contributed by atoms with Crippen molar-refractivity contribution in [2.24, 2.45) is 0 Å². The molecule has 0 rings (SSSR count).